The summed E-state index contributed by atoms with van der Waals surface area (Å²) in [5.74, 6) is 1.97. The van der Waals surface area contributed by atoms with Crippen molar-refractivity contribution in [1.82, 2.24) is 0 Å². The van der Waals surface area contributed by atoms with E-state index in [0.29, 0.717) is 0 Å². The van der Waals surface area contributed by atoms with Crippen molar-refractivity contribution >= 4 is 0 Å². The molecule has 3 aromatic rings. The van der Waals surface area contributed by atoms with E-state index in [1.54, 1.807) is 0 Å². The first-order valence-corrected chi connectivity index (χ1v) is 14.0. The minimum Gasteiger partial charge on any atom is -0.0654 e. The third kappa shape index (κ3) is 7.08. The standard InChI is InChI=1S/C34H44/c1-3-5-6-8-28-15-19-31(20-16-28)33-23-25-34(26-24-33)32-21-17-30(18-22-32)14-13-29-11-9-27(7-4-2)10-12-29/h15-27,29H,3-14H2,1-2H3. The van der Waals surface area contributed by atoms with E-state index < -0.39 is 0 Å². The van der Waals surface area contributed by atoms with Crippen LogP contribution in [0.4, 0.5) is 0 Å². The molecule has 180 valence electrons. The van der Waals surface area contributed by atoms with E-state index in [1.165, 1.54) is 110 Å². The van der Waals surface area contributed by atoms with E-state index in [9.17, 15) is 0 Å². The van der Waals surface area contributed by atoms with E-state index in [0.717, 1.165) is 11.8 Å². The molecule has 0 bridgehead atoms. The van der Waals surface area contributed by atoms with Gasteiger partial charge in [0.25, 0.3) is 0 Å². The Morgan fingerprint density at radius 3 is 1.32 bits per heavy atom. The van der Waals surface area contributed by atoms with Gasteiger partial charge in [0.15, 0.2) is 0 Å². The van der Waals surface area contributed by atoms with Gasteiger partial charge in [-0.15, -0.1) is 0 Å². The maximum Gasteiger partial charge on any atom is -0.0184 e. The van der Waals surface area contributed by atoms with Crippen LogP contribution in [0.3, 0.4) is 0 Å². The molecular formula is C34H44. The van der Waals surface area contributed by atoms with Crippen molar-refractivity contribution in [2.45, 2.75) is 90.9 Å². The SMILES string of the molecule is CCCCCc1ccc(-c2ccc(-c3ccc(CCC4CCC(CCC)CC4)cc3)cc2)cc1. The third-order valence-corrected chi connectivity index (χ3v) is 8.03. The number of benzene rings is 3. The zero-order valence-electron chi connectivity index (χ0n) is 21.6. The lowest BCUT2D eigenvalue weighted by molar-refractivity contribution is 0.252. The Labute approximate surface area is 208 Å². The molecule has 0 spiro atoms. The fraction of sp³-hybridized carbons (Fsp3) is 0.471. The van der Waals surface area contributed by atoms with Gasteiger partial charge in [-0.2, -0.15) is 0 Å². The van der Waals surface area contributed by atoms with Gasteiger partial charge in [-0.3, -0.25) is 0 Å². The molecular weight excluding hydrogens is 408 g/mol. The highest BCUT2D eigenvalue weighted by Crippen LogP contribution is 2.34. The summed E-state index contributed by atoms with van der Waals surface area (Å²) in [6, 6.07) is 27.6. The second kappa shape index (κ2) is 12.9. The van der Waals surface area contributed by atoms with E-state index in [2.05, 4.69) is 86.6 Å². The number of hydrogen-bond donors (Lipinski definition) is 0. The van der Waals surface area contributed by atoms with Crippen molar-refractivity contribution in [3.05, 3.63) is 83.9 Å². The van der Waals surface area contributed by atoms with Crippen LogP contribution in [-0.2, 0) is 12.8 Å². The molecule has 0 N–H and O–H groups in total. The number of rotatable bonds is 11. The Morgan fingerprint density at radius 1 is 0.471 bits per heavy atom. The number of hydrogen-bond acceptors (Lipinski definition) is 0. The van der Waals surface area contributed by atoms with Gasteiger partial charge in [0.1, 0.15) is 0 Å². The number of aryl methyl sites for hydroxylation is 2. The molecule has 1 saturated carbocycles. The first kappa shape index (κ1) is 24.8. The molecule has 0 aromatic heterocycles. The van der Waals surface area contributed by atoms with Crippen LogP contribution >= 0.6 is 0 Å². The van der Waals surface area contributed by atoms with Gasteiger partial charge in [0.2, 0.25) is 0 Å². The average molecular weight is 453 g/mol. The fourth-order valence-electron chi connectivity index (χ4n) is 5.75. The lowest BCUT2D eigenvalue weighted by atomic mass is 9.78. The van der Waals surface area contributed by atoms with Gasteiger partial charge < -0.3 is 0 Å². The Kier molecular flexibility index (Phi) is 9.43. The minimum absolute atomic E-state index is 0.950. The van der Waals surface area contributed by atoms with E-state index in [1.807, 2.05) is 0 Å². The summed E-state index contributed by atoms with van der Waals surface area (Å²) in [6.45, 7) is 4.60. The van der Waals surface area contributed by atoms with Crippen LogP contribution in [0.2, 0.25) is 0 Å². The molecule has 0 heteroatoms. The van der Waals surface area contributed by atoms with E-state index in [4.69, 9.17) is 0 Å². The van der Waals surface area contributed by atoms with Crippen LogP contribution in [0.25, 0.3) is 22.3 Å². The van der Waals surface area contributed by atoms with Crippen molar-refractivity contribution in [1.29, 1.82) is 0 Å². The second-order valence-electron chi connectivity index (χ2n) is 10.6. The van der Waals surface area contributed by atoms with Crippen molar-refractivity contribution < 1.29 is 0 Å². The quantitative estimate of drug-likeness (QED) is 0.254. The maximum atomic E-state index is 2.35. The molecule has 1 aliphatic carbocycles. The van der Waals surface area contributed by atoms with Crippen molar-refractivity contribution in [2.75, 3.05) is 0 Å². The van der Waals surface area contributed by atoms with Gasteiger partial charge in [-0.1, -0.05) is 138 Å². The monoisotopic (exact) mass is 452 g/mol. The summed E-state index contributed by atoms with van der Waals surface area (Å²) in [4.78, 5) is 0. The molecule has 0 atom stereocenters. The first-order valence-electron chi connectivity index (χ1n) is 14.0. The molecule has 3 aromatic carbocycles. The Balaban J connectivity index is 1.28. The van der Waals surface area contributed by atoms with Gasteiger partial charge in [0, 0.05) is 0 Å². The molecule has 0 heterocycles. The van der Waals surface area contributed by atoms with Crippen molar-refractivity contribution in [3.8, 4) is 22.3 Å². The van der Waals surface area contributed by atoms with Crippen molar-refractivity contribution in [3.63, 3.8) is 0 Å². The molecule has 0 unspecified atom stereocenters. The molecule has 1 aliphatic rings. The third-order valence-electron chi connectivity index (χ3n) is 8.03. The maximum absolute atomic E-state index is 2.35. The summed E-state index contributed by atoms with van der Waals surface area (Å²) in [5.41, 5.74) is 8.19. The number of unbranched alkanes of at least 4 members (excludes halogenated alkanes) is 2. The molecule has 0 saturated heterocycles. The largest absolute Gasteiger partial charge is 0.0654 e. The summed E-state index contributed by atoms with van der Waals surface area (Å²) < 4.78 is 0. The predicted octanol–water partition coefficient (Wildman–Crippen LogP) is 10.3. The Hall–Kier alpha value is -2.34. The highest BCUT2D eigenvalue weighted by Gasteiger charge is 2.20. The lowest BCUT2D eigenvalue weighted by Crippen LogP contribution is -2.15. The van der Waals surface area contributed by atoms with Crippen molar-refractivity contribution in [2.24, 2.45) is 11.8 Å². The first-order chi connectivity index (χ1) is 16.7. The fourth-order valence-corrected chi connectivity index (χ4v) is 5.75. The minimum atomic E-state index is 0.950. The topological polar surface area (TPSA) is 0 Å². The van der Waals surface area contributed by atoms with Crippen LogP contribution < -0.4 is 0 Å². The molecule has 34 heavy (non-hydrogen) atoms. The highest BCUT2D eigenvalue weighted by molar-refractivity contribution is 5.70. The highest BCUT2D eigenvalue weighted by atomic mass is 14.3. The van der Waals surface area contributed by atoms with E-state index in [-0.39, 0.29) is 0 Å². The summed E-state index contributed by atoms with van der Waals surface area (Å²) in [5, 5.41) is 0. The molecule has 4 rings (SSSR count). The van der Waals surface area contributed by atoms with Gasteiger partial charge in [-0.25, -0.2) is 0 Å². The molecule has 0 nitrogen and oxygen atoms in total. The van der Waals surface area contributed by atoms with Crippen LogP contribution in [0, 0.1) is 11.8 Å². The van der Waals surface area contributed by atoms with Gasteiger partial charge in [0.05, 0.1) is 0 Å². The molecule has 0 aliphatic heterocycles. The second-order valence-corrected chi connectivity index (χ2v) is 10.6. The molecule has 1 fully saturated rings. The van der Waals surface area contributed by atoms with Crippen LogP contribution in [0.1, 0.15) is 89.2 Å². The summed E-state index contributed by atoms with van der Waals surface area (Å²) in [7, 11) is 0. The average Bonchev–Trinajstić information content (AvgIpc) is 2.89. The normalized spacial score (nSPS) is 18.2. The lowest BCUT2D eigenvalue weighted by Gasteiger charge is -2.28. The van der Waals surface area contributed by atoms with E-state index >= 15 is 0 Å². The molecule has 0 radical (unpaired) electrons. The van der Waals surface area contributed by atoms with Gasteiger partial charge >= 0.3 is 0 Å². The molecule has 0 amide bonds. The van der Waals surface area contributed by atoms with Crippen LogP contribution in [-0.4, -0.2) is 0 Å². The Bertz CT molecular complexity index is 954. The predicted molar refractivity (Wildman–Crippen MR) is 149 cm³/mol. The van der Waals surface area contributed by atoms with Crippen LogP contribution in [0.15, 0.2) is 72.8 Å². The zero-order chi connectivity index (χ0) is 23.6. The zero-order valence-corrected chi connectivity index (χ0v) is 21.6. The van der Waals surface area contributed by atoms with Crippen LogP contribution in [0.5, 0.6) is 0 Å². The van der Waals surface area contributed by atoms with Gasteiger partial charge in [-0.05, 0) is 70.9 Å². The Morgan fingerprint density at radius 2 is 0.882 bits per heavy atom. The summed E-state index contributed by atoms with van der Waals surface area (Å²) >= 11 is 0. The smallest absolute Gasteiger partial charge is 0.0184 e. The summed E-state index contributed by atoms with van der Waals surface area (Å²) in [6.07, 6.45) is 16.3.